The molecule has 2 nitrogen and oxygen atoms in total. The summed E-state index contributed by atoms with van der Waals surface area (Å²) in [5.74, 6) is 0.897. The molecular weight excluding hydrogens is 254 g/mol. The summed E-state index contributed by atoms with van der Waals surface area (Å²) in [5.41, 5.74) is 3.39. The summed E-state index contributed by atoms with van der Waals surface area (Å²) in [7, 11) is 0. The number of benzene rings is 2. The van der Waals surface area contributed by atoms with Gasteiger partial charge in [-0.15, -0.1) is 0 Å². The van der Waals surface area contributed by atoms with Gasteiger partial charge in [0.15, 0.2) is 0 Å². The molecule has 0 radical (unpaired) electrons. The van der Waals surface area contributed by atoms with Gasteiger partial charge in [0.25, 0.3) is 0 Å². The smallest absolute Gasteiger partial charge is 0.133 e. The fourth-order valence-corrected chi connectivity index (χ4v) is 3.20. The predicted octanol–water partition coefficient (Wildman–Crippen LogP) is 5.15. The van der Waals surface area contributed by atoms with E-state index >= 15 is 0 Å². The zero-order valence-corrected chi connectivity index (χ0v) is 10.9. The topological polar surface area (TPSA) is 25.2 Å². The summed E-state index contributed by atoms with van der Waals surface area (Å²) in [5, 5.41) is 3.48. The van der Waals surface area contributed by atoms with Crippen LogP contribution in [0.5, 0.6) is 0 Å². The third-order valence-corrected chi connectivity index (χ3v) is 4.31. The minimum Gasteiger partial charge on any atom is -0.464 e. The number of furan rings is 1. The van der Waals surface area contributed by atoms with Crippen molar-refractivity contribution in [1.29, 1.82) is 0 Å². The van der Waals surface area contributed by atoms with Gasteiger partial charge in [0.2, 0.25) is 0 Å². The average Bonchev–Trinajstić information content (AvgIpc) is 2.98. The standard InChI is InChI=1S/C16H11NOS/c1-2-6-15-12(4-1)17-13-10-11(7-8-16(13)19-15)14-5-3-9-18-14/h1-10,17H. The van der Waals surface area contributed by atoms with Crippen molar-refractivity contribution < 1.29 is 4.42 Å². The van der Waals surface area contributed by atoms with Gasteiger partial charge in [-0.2, -0.15) is 0 Å². The molecule has 0 atom stereocenters. The molecule has 0 fully saturated rings. The zero-order valence-electron chi connectivity index (χ0n) is 10.1. The van der Waals surface area contributed by atoms with Crippen molar-refractivity contribution in [1.82, 2.24) is 0 Å². The summed E-state index contributed by atoms with van der Waals surface area (Å²) >= 11 is 1.80. The molecule has 4 rings (SSSR count). The molecule has 92 valence electrons. The summed E-state index contributed by atoms with van der Waals surface area (Å²) in [6.07, 6.45) is 1.70. The van der Waals surface area contributed by atoms with Gasteiger partial charge in [-0.1, -0.05) is 23.9 Å². The van der Waals surface area contributed by atoms with E-state index in [0.717, 1.165) is 22.7 Å². The maximum Gasteiger partial charge on any atom is 0.133 e. The van der Waals surface area contributed by atoms with Crippen LogP contribution in [0.4, 0.5) is 11.4 Å². The maximum atomic E-state index is 5.45. The quantitative estimate of drug-likeness (QED) is 0.515. The van der Waals surface area contributed by atoms with E-state index in [1.54, 1.807) is 18.0 Å². The lowest BCUT2D eigenvalue weighted by Crippen LogP contribution is -1.99. The molecule has 0 saturated heterocycles. The second-order valence-corrected chi connectivity index (χ2v) is 5.50. The van der Waals surface area contributed by atoms with Crippen molar-refractivity contribution in [3.8, 4) is 11.3 Å². The van der Waals surface area contributed by atoms with Gasteiger partial charge < -0.3 is 9.73 Å². The fourth-order valence-electron chi connectivity index (χ4n) is 2.24. The van der Waals surface area contributed by atoms with Crippen LogP contribution in [0, 0.1) is 0 Å². The van der Waals surface area contributed by atoms with Crippen LogP contribution in [-0.2, 0) is 0 Å². The molecule has 0 aliphatic carbocycles. The minimum atomic E-state index is 0.897. The van der Waals surface area contributed by atoms with Crippen molar-refractivity contribution in [3.05, 3.63) is 60.9 Å². The monoisotopic (exact) mass is 265 g/mol. The second-order valence-electron chi connectivity index (χ2n) is 4.41. The molecule has 0 amide bonds. The summed E-state index contributed by atoms with van der Waals surface area (Å²) in [6.45, 7) is 0. The number of fused-ring (bicyclic) bond motifs is 2. The molecule has 0 bridgehead atoms. The molecule has 0 saturated carbocycles. The Morgan fingerprint density at radius 2 is 1.74 bits per heavy atom. The van der Waals surface area contributed by atoms with Crippen LogP contribution in [-0.4, -0.2) is 0 Å². The lowest BCUT2D eigenvalue weighted by molar-refractivity contribution is 0.582. The summed E-state index contributed by atoms with van der Waals surface area (Å²) in [4.78, 5) is 2.51. The molecule has 1 aromatic heterocycles. The highest BCUT2D eigenvalue weighted by atomic mass is 32.2. The van der Waals surface area contributed by atoms with E-state index in [9.17, 15) is 0 Å². The predicted molar refractivity (Wildman–Crippen MR) is 78.0 cm³/mol. The lowest BCUT2D eigenvalue weighted by Gasteiger charge is -2.20. The number of rotatable bonds is 1. The molecule has 3 heteroatoms. The molecule has 2 aromatic carbocycles. The zero-order chi connectivity index (χ0) is 12.7. The molecule has 19 heavy (non-hydrogen) atoms. The Hall–Kier alpha value is -2.13. The van der Waals surface area contributed by atoms with Gasteiger partial charge in [-0.3, -0.25) is 0 Å². The molecule has 0 unspecified atom stereocenters. The number of hydrogen-bond donors (Lipinski definition) is 1. The Kier molecular flexibility index (Phi) is 2.38. The Balaban J connectivity index is 1.78. The summed E-state index contributed by atoms with van der Waals surface area (Å²) < 4.78 is 5.45. The number of hydrogen-bond acceptors (Lipinski definition) is 3. The first-order valence-electron chi connectivity index (χ1n) is 6.12. The third kappa shape index (κ3) is 1.83. The van der Waals surface area contributed by atoms with Gasteiger partial charge in [0.05, 0.1) is 17.6 Å². The van der Waals surface area contributed by atoms with Crippen molar-refractivity contribution >= 4 is 23.1 Å². The van der Waals surface area contributed by atoms with E-state index in [0.29, 0.717) is 0 Å². The van der Waals surface area contributed by atoms with Crippen molar-refractivity contribution in [2.75, 3.05) is 5.32 Å². The number of anilines is 2. The Labute approximate surface area is 115 Å². The van der Waals surface area contributed by atoms with E-state index < -0.39 is 0 Å². The highest BCUT2D eigenvalue weighted by Gasteiger charge is 2.15. The van der Waals surface area contributed by atoms with Gasteiger partial charge in [-0.25, -0.2) is 0 Å². The van der Waals surface area contributed by atoms with Crippen LogP contribution in [0.15, 0.2) is 75.1 Å². The molecule has 3 aromatic rings. The largest absolute Gasteiger partial charge is 0.464 e. The van der Waals surface area contributed by atoms with E-state index in [2.05, 4.69) is 41.7 Å². The SMILES string of the molecule is c1coc(-c2ccc3c(c2)Nc2ccccc2S3)c1. The Bertz CT molecular complexity index is 734. The molecule has 2 heterocycles. The maximum absolute atomic E-state index is 5.45. The molecule has 0 spiro atoms. The highest BCUT2D eigenvalue weighted by molar-refractivity contribution is 7.99. The third-order valence-electron chi connectivity index (χ3n) is 3.16. The first-order chi connectivity index (χ1) is 9.40. The average molecular weight is 265 g/mol. The normalized spacial score (nSPS) is 12.4. The number of para-hydroxylation sites is 1. The van der Waals surface area contributed by atoms with Gasteiger partial charge >= 0.3 is 0 Å². The van der Waals surface area contributed by atoms with Crippen LogP contribution in [0.3, 0.4) is 0 Å². The lowest BCUT2D eigenvalue weighted by atomic mass is 10.1. The Morgan fingerprint density at radius 3 is 2.63 bits per heavy atom. The van der Waals surface area contributed by atoms with Crippen molar-refractivity contribution in [2.45, 2.75) is 9.79 Å². The van der Waals surface area contributed by atoms with Crippen molar-refractivity contribution in [3.63, 3.8) is 0 Å². The van der Waals surface area contributed by atoms with Gasteiger partial charge in [-0.05, 0) is 42.5 Å². The highest BCUT2D eigenvalue weighted by Crippen LogP contribution is 2.45. The molecule has 1 aliphatic rings. The molecular formula is C16H11NOS. The van der Waals surface area contributed by atoms with E-state index in [1.807, 2.05) is 18.2 Å². The van der Waals surface area contributed by atoms with Crippen LogP contribution in [0.1, 0.15) is 0 Å². The van der Waals surface area contributed by atoms with E-state index in [-0.39, 0.29) is 0 Å². The van der Waals surface area contributed by atoms with Crippen molar-refractivity contribution in [2.24, 2.45) is 0 Å². The number of nitrogens with one attached hydrogen (secondary N) is 1. The van der Waals surface area contributed by atoms with Crippen LogP contribution in [0.2, 0.25) is 0 Å². The minimum absolute atomic E-state index is 0.897. The summed E-state index contributed by atoms with van der Waals surface area (Å²) in [6, 6.07) is 18.6. The van der Waals surface area contributed by atoms with Gasteiger partial charge in [0, 0.05) is 15.4 Å². The molecule has 1 N–H and O–H groups in total. The first-order valence-corrected chi connectivity index (χ1v) is 6.94. The van der Waals surface area contributed by atoms with Crippen LogP contribution >= 0.6 is 11.8 Å². The second kappa shape index (κ2) is 4.21. The van der Waals surface area contributed by atoms with Crippen LogP contribution < -0.4 is 5.32 Å². The first kappa shape index (κ1) is 10.8. The van der Waals surface area contributed by atoms with Gasteiger partial charge in [0.1, 0.15) is 5.76 Å². The van der Waals surface area contributed by atoms with Crippen LogP contribution in [0.25, 0.3) is 11.3 Å². The van der Waals surface area contributed by atoms with E-state index in [4.69, 9.17) is 4.42 Å². The van der Waals surface area contributed by atoms with E-state index in [1.165, 1.54) is 9.79 Å². The fraction of sp³-hybridized carbons (Fsp3) is 0. The molecule has 1 aliphatic heterocycles. The Morgan fingerprint density at radius 1 is 0.842 bits per heavy atom.